The summed E-state index contributed by atoms with van der Waals surface area (Å²) in [5.74, 6) is -1.21. The van der Waals surface area contributed by atoms with E-state index in [2.05, 4.69) is 21.2 Å². The van der Waals surface area contributed by atoms with E-state index in [9.17, 15) is 8.78 Å². The summed E-state index contributed by atoms with van der Waals surface area (Å²) in [6.07, 6.45) is 0. The number of nitrogens with one attached hydrogen (secondary N) is 1. The number of anilines is 1. The Hall–Kier alpha value is -1.24. The Morgan fingerprint density at radius 3 is 2.10 bits per heavy atom. The summed E-state index contributed by atoms with van der Waals surface area (Å²) in [6, 6.07) is 9.89. The molecule has 2 heterocycles. The molecule has 1 N–H and O–H groups in total. The highest BCUT2D eigenvalue weighted by Crippen LogP contribution is 2.36. The third-order valence-corrected chi connectivity index (χ3v) is 5.45. The standard InChI is InChI=1S/C15H10BrF2NS2/c16-10-7-9(17)8-11(18)14(10)19-15(12-3-1-5-20-12)13-4-2-6-21-13/h1-8,15,19H. The Morgan fingerprint density at radius 2 is 1.62 bits per heavy atom. The SMILES string of the molecule is Fc1cc(F)c(NC(c2cccs2)c2cccs2)c(Br)c1. The minimum atomic E-state index is -0.611. The normalized spacial score (nSPS) is 11.0. The summed E-state index contributed by atoms with van der Waals surface area (Å²) in [5.41, 5.74) is 0.267. The second-order valence-corrected chi connectivity index (χ2v) is 7.17. The lowest BCUT2D eigenvalue weighted by molar-refractivity contribution is 0.583. The fourth-order valence-corrected chi connectivity index (χ4v) is 4.20. The fraction of sp³-hybridized carbons (Fsp3) is 0.0667. The third kappa shape index (κ3) is 3.17. The molecule has 0 bridgehead atoms. The maximum Gasteiger partial charge on any atom is 0.150 e. The van der Waals surface area contributed by atoms with Crippen LogP contribution in [0.5, 0.6) is 0 Å². The first-order valence-electron chi connectivity index (χ1n) is 6.13. The lowest BCUT2D eigenvalue weighted by atomic mass is 10.2. The zero-order valence-electron chi connectivity index (χ0n) is 10.6. The van der Waals surface area contributed by atoms with Gasteiger partial charge in [0.1, 0.15) is 11.6 Å². The largest absolute Gasteiger partial charge is 0.369 e. The highest BCUT2D eigenvalue weighted by Gasteiger charge is 2.19. The molecule has 1 aromatic carbocycles. The predicted molar refractivity (Wildman–Crippen MR) is 88.2 cm³/mol. The molecule has 0 atom stereocenters. The van der Waals surface area contributed by atoms with Gasteiger partial charge in [0, 0.05) is 20.3 Å². The van der Waals surface area contributed by atoms with Crippen LogP contribution in [0.2, 0.25) is 0 Å². The van der Waals surface area contributed by atoms with Gasteiger partial charge in [0.25, 0.3) is 0 Å². The summed E-state index contributed by atoms with van der Waals surface area (Å²) >= 11 is 6.41. The number of halogens is 3. The van der Waals surface area contributed by atoms with Crippen LogP contribution in [0.25, 0.3) is 0 Å². The molecule has 3 rings (SSSR count). The van der Waals surface area contributed by atoms with Gasteiger partial charge in [-0.2, -0.15) is 0 Å². The average molecular weight is 386 g/mol. The van der Waals surface area contributed by atoms with Crippen LogP contribution in [0.3, 0.4) is 0 Å². The molecule has 0 aliphatic rings. The number of rotatable bonds is 4. The summed E-state index contributed by atoms with van der Waals surface area (Å²) in [4.78, 5) is 2.15. The Balaban J connectivity index is 2.00. The maximum atomic E-state index is 14.0. The number of hydrogen-bond acceptors (Lipinski definition) is 3. The van der Waals surface area contributed by atoms with Gasteiger partial charge in [0.15, 0.2) is 0 Å². The molecule has 2 aromatic heterocycles. The summed E-state index contributed by atoms with van der Waals surface area (Å²) in [5, 5.41) is 7.14. The van der Waals surface area contributed by atoms with E-state index in [1.165, 1.54) is 6.07 Å². The molecule has 3 aromatic rings. The first kappa shape index (κ1) is 14.7. The van der Waals surface area contributed by atoms with Crippen molar-refractivity contribution < 1.29 is 8.78 Å². The molecule has 108 valence electrons. The van der Waals surface area contributed by atoms with E-state index in [-0.39, 0.29) is 11.7 Å². The molecule has 0 saturated carbocycles. The van der Waals surface area contributed by atoms with Gasteiger partial charge in [-0.3, -0.25) is 0 Å². The minimum Gasteiger partial charge on any atom is -0.369 e. The van der Waals surface area contributed by atoms with Crippen LogP contribution in [0.4, 0.5) is 14.5 Å². The molecule has 0 radical (unpaired) electrons. The molecule has 1 nitrogen and oxygen atoms in total. The lowest BCUT2D eigenvalue weighted by Crippen LogP contribution is -2.11. The van der Waals surface area contributed by atoms with Crippen molar-refractivity contribution in [2.24, 2.45) is 0 Å². The Kier molecular flexibility index (Phi) is 4.37. The molecule has 0 aliphatic heterocycles. The van der Waals surface area contributed by atoms with Crippen LogP contribution in [0.1, 0.15) is 15.8 Å². The molecule has 0 saturated heterocycles. The quantitative estimate of drug-likeness (QED) is 0.576. The molecular weight excluding hydrogens is 376 g/mol. The predicted octanol–water partition coefficient (Wildman–Crippen LogP) is 6.05. The topological polar surface area (TPSA) is 12.0 Å². The van der Waals surface area contributed by atoms with E-state index in [0.29, 0.717) is 4.47 Å². The van der Waals surface area contributed by atoms with Crippen molar-refractivity contribution in [1.29, 1.82) is 0 Å². The van der Waals surface area contributed by atoms with E-state index in [4.69, 9.17) is 0 Å². The van der Waals surface area contributed by atoms with Gasteiger partial charge in [0.2, 0.25) is 0 Å². The van der Waals surface area contributed by atoms with Crippen LogP contribution >= 0.6 is 38.6 Å². The van der Waals surface area contributed by atoms with Gasteiger partial charge in [-0.05, 0) is 44.9 Å². The minimum absolute atomic E-state index is 0.152. The van der Waals surface area contributed by atoms with Gasteiger partial charge in [0.05, 0.1) is 11.7 Å². The van der Waals surface area contributed by atoms with E-state index in [1.54, 1.807) is 22.7 Å². The Labute approximate surface area is 137 Å². The molecule has 21 heavy (non-hydrogen) atoms. The van der Waals surface area contributed by atoms with Crippen molar-refractivity contribution in [3.63, 3.8) is 0 Å². The smallest absolute Gasteiger partial charge is 0.150 e. The molecule has 0 unspecified atom stereocenters. The molecule has 0 amide bonds. The second-order valence-electron chi connectivity index (χ2n) is 4.35. The zero-order chi connectivity index (χ0) is 14.8. The maximum absolute atomic E-state index is 14.0. The van der Waals surface area contributed by atoms with Crippen molar-refractivity contribution in [2.75, 3.05) is 5.32 Å². The fourth-order valence-electron chi connectivity index (χ4n) is 2.02. The highest BCUT2D eigenvalue weighted by atomic mass is 79.9. The number of hydrogen-bond donors (Lipinski definition) is 1. The van der Waals surface area contributed by atoms with Crippen LogP contribution in [-0.2, 0) is 0 Å². The van der Waals surface area contributed by atoms with E-state index >= 15 is 0 Å². The first-order valence-corrected chi connectivity index (χ1v) is 8.68. The van der Waals surface area contributed by atoms with Gasteiger partial charge < -0.3 is 5.32 Å². The van der Waals surface area contributed by atoms with Crippen LogP contribution < -0.4 is 5.32 Å². The van der Waals surface area contributed by atoms with Crippen LogP contribution in [0, 0.1) is 11.6 Å². The average Bonchev–Trinajstić information content (AvgIpc) is 3.11. The molecule has 6 heteroatoms. The van der Waals surface area contributed by atoms with Crippen molar-refractivity contribution in [2.45, 2.75) is 6.04 Å². The summed E-state index contributed by atoms with van der Waals surface area (Å²) in [7, 11) is 0. The van der Waals surface area contributed by atoms with Gasteiger partial charge in [-0.15, -0.1) is 22.7 Å². The van der Waals surface area contributed by atoms with E-state index in [1.807, 2.05) is 35.0 Å². The number of thiophene rings is 2. The Bertz CT molecular complexity index is 669. The van der Waals surface area contributed by atoms with Crippen molar-refractivity contribution in [3.8, 4) is 0 Å². The van der Waals surface area contributed by atoms with Gasteiger partial charge in [-0.25, -0.2) is 8.78 Å². The molecule has 0 aliphatic carbocycles. The lowest BCUT2D eigenvalue weighted by Gasteiger charge is -2.19. The van der Waals surface area contributed by atoms with Crippen molar-refractivity contribution in [3.05, 3.63) is 73.0 Å². The number of benzene rings is 1. The van der Waals surface area contributed by atoms with Crippen molar-refractivity contribution in [1.82, 2.24) is 0 Å². The second kappa shape index (κ2) is 6.25. The monoisotopic (exact) mass is 385 g/mol. The molecular formula is C15H10BrF2NS2. The molecule has 0 fully saturated rings. The van der Waals surface area contributed by atoms with Crippen LogP contribution in [-0.4, -0.2) is 0 Å². The van der Waals surface area contributed by atoms with Crippen molar-refractivity contribution >= 4 is 44.3 Å². The van der Waals surface area contributed by atoms with Gasteiger partial charge in [-0.1, -0.05) is 12.1 Å². The summed E-state index contributed by atoms with van der Waals surface area (Å²) < 4.78 is 27.6. The molecule has 0 spiro atoms. The highest BCUT2D eigenvalue weighted by molar-refractivity contribution is 9.10. The summed E-state index contributed by atoms with van der Waals surface area (Å²) in [6.45, 7) is 0. The third-order valence-electron chi connectivity index (χ3n) is 2.95. The van der Waals surface area contributed by atoms with Gasteiger partial charge >= 0.3 is 0 Å². The zero-order valence-corrected chi connectivity index (χ0v) is 13.9. The Morgan fingerprint density at radius 1 is 1.00 bits per heavy atom. The van der Waals surface area contributed by atoms with Crippen LogP contribution in [0.15, 0.2) is 51.6 Å². The van der Waals surface area contributed by atoms with E-state index in [0.717, 1.165) is 15.8 Å². The first-order chi connectivity index (χ1) is 10.1. The van der Waals surface area contributed by atoms with E-state index < -0.39 is 11.6 Å².